The molecule has 1 heterocycles. The van der Waals surface area contributed by atoms with Gasteiger partial charge in [0, 0.05) is 0 Å². The Morgan fingerprint density at radius 3 is 2.43 bits per heavy atom. The molecule has 4 nitrogen and oxygen atoms in total. The fourth-order valence-electron chi connectivity index (χ4n) is 1.58. The predicted molar refractivity (Wildman–Crippen MR) is 49.7 cm³/mol. The maximum Gasteiger partial charge on any atom is 0.155 e. The summed E-state index contributed by atoms with van der Waals surface area (Å²) in [7, 11) is 1.57. The molecule has 0 atom stereocenters. The number of hydrogen-bond acceptors (Lipinski definition) is 4. The SMILES string of the molecule is COc1cnc(C2(C#N)CCC2)nc1. The van der Waals surface area contributed by atoms with Crippen molar-refractivity contribution in [2.45, 2.75) is 24.7 Å². The van der Waals surface area contributed by atoms with Crippen LogP contribution in [0, 0.1) is 11.3 Å². The minimum absolute atomic E-state index is 0.424. The van der Waals surface area contributed by atoms with Crippen LogP contribution < -0.4 is 4.74 Å². The summed E-state index contributed by atoms with van der Waals surface area (Å²) < 4.78 is 4.96. The van der Waals surface area contributed by atoms with E-state index < -0.39 is 5.41 Å². The Balaban J connectivity index is 2.29. The molecule has 1 fully saturated rings. The average molecular weight is 189 g/mol. The molecular weight excluding hydrogens is 178 g/mol. The third-order valence-corrected chi connectivity index (χ3v) is 2.71. The van der Waals surface area contributed by atoms with Gasteiger partial charge in [-0.25, -0.2) is 9.97 Å². The third kappa shape index (κ3) is 1.22. The van der Waals surface area contributed by atoms with Crippen LogP contribution in [0.2, 0.25) is 0 Å². The van der Waals surface area contributed by atoms with Crippen LogP contribution in [0.3, 0.4) is 0 Å². The first-order valence-electron chi connectivity index (χ1n) is 4.58. The van der Waals surface area contributed by atoms with Crippen molar-refractivity contribution < 1.29 is 4.74 Å². The Bertz CT molecular complexity index is 362. The number of hydrogen-bond donors (Lipinski definition) is 0. The molecular formula is C10H11N3O. The second kappa shape index (κ2) is 3.26. The summed E-state index contributed by atoms with van der Waals surface area (Å²) in [5, 5.41) is 9.06. The van der Waals surface area contributed by atoms with Crippen molar-refractivity contribution in [2.24, 2.45) is 0 Å². The highest BCUT2D eigenvalue weighted by Crippen LogP contribution is 2.41. The molecule has 1 aromatic heterocycles. The first-order valence-corrected chi connectivity index (χ1v) is 4.58. The zero-order valence-corrected chi connectivity index (χ0v) is 8.03. The number of aromatic nitrogens is 2. The van der Waals surface area contributed by atoms with E-state index >= 15 is 0 Å². The zero-order valence-electron chi connectivity index (χ0n) is 8.03. The summed E-state index contributed by atoms with van der Waals surface area (Å²) >= 11 is 0. The van der Waals surface area contributed by atoms with E-state index in [0.29, 0.717) is 11.6 Å². The lowest BCUT2D eigenvalue weighted by molar-refractivity contribution is 0.305. The number of nitrogens with zero attached hydrogens (tertiary/aromatic N) is 3. The highest BCUT2D eigenvalue weighted by molar-refractivity contribution is 5.26. The maximum atomic E-state index is 9.06. The largest absolute Gasteiger partial charge is 0.494 e. The first kappa shape index (κ1) is 8.95. The van der Waals surface area contributed by atoms with Crippen LogP contribution in [-0.4, -0.2) is 17.1 Å². The molecule has 0 N–H and O–H groups in total. The molecule has 1 saturated carbocycles. The molecule has 72 valence electrons. The van der Waals surface area contributed by atoms with E-state index in [0.717, 1.165) is 19.3 Å². The zero-order chi connectivity index (χ0) is 10.0. The maximum absolute atomic E-state index is 9.06. The number of rotatable bonds is 2. The Labute approximate surface area is 82.6 Å². The molecule has 1 aliphatic rings. The molecule has 0 spiro atoms. The first-order chi connectivity index (χ1) is 6.80. The van der Waals surface area contributed by atoms with Gasteiger partial charge in [-0.3, -0.25) is 0 Å². The molecule has 4 heteroatoms. The van der Waals surface area contributed by atoms with Crippen LogP contribution in [0.25, 0.3) is 0 Å². The van der Waals surface area contributed by atoms with Gasteiger partial charge in [0.15, 0.2) is 5.75 Å². The smallest absolute Gasteiger partial charge is 0.155 e. The highest BCUT2D eigenvalue weighted by Gasteiger charge is 2.41. The van der Waals surface area contributed by atoms with E-state index in [1.165, 1.54) is 0 Å². The Hall–Kier alpha value is -1.63. The molecule has 0 bridgehead atoms. The fraction of sp³-hybridized carbons (Fsp3) is 0.500. The number of ether oxygens (including phenoxy) is 1. The summed E-state index contributed by atoms with van der Waals surface area (Å²) in [6.07, 6.45) is 6.05. The van der Waals surface area contributed by atoms with Crippen molar-refractivity contribution in [2.75, 3.05) is 7.11 Å². The topological polar surface area (TPSA) is 58.8 Å². The second-order valence-corrected chi connectivity index (χ2v) is 3.49. The van der Waals surface area contributed by atoms with Gasteiger partial charge in [0.2, 0.25) is 0 Å². The van der Waals surface area contributed by atoms with Gasteiger partial charge in [-0.2, -0.15) is 5.26 Å². The average Bonchev–Trinajstić information content (AvgIpc) is 2.18. The van der Waals surface area contributed by atoms with Crippen LogP contribution in [0.1, 0.15) is 25.1 Å². The molecule has 1 aromatic rings. The Morgan fingerprint density at radius 2 is 2.07 bits per heavy atom. The van der Waals surface area contributed by atoms with Crippen molar-refractivity contribution >= 4 is 0 Å². The third-order valence-electron chi connectivity index (χ3n) is 2.71. The van der Waals surface area contributed by atoms with Crippen LogP contribution in [0.5, 0.6) is 5.75 Å². The van der Waals surface area contributed by atoms with Crippen molar-refractivity contribution in [3.63, 3.8) is 0 Å². The predicted octanol–water partition coefficient (Wildman–Crippen LogP) is 1.43. The van der Waals surface area contributed by atoms with Crippen molar-refractivity contribution in [1.29, 1.82) is 5.26 Å². The molecule has 0 unspecified atom stereocenters. The molecule has 0 radical (unpaired) electrons. The van der Waals surface area contributed by atoms with Gasteiger partial charge in [0.1, 0.15) is 11.2 Å². The molecule has 1 aliphatic carbocycles. The minimum Gasteiger partial charge on any atom is -0.494 e. The molecule has 0 aliphatic heterocycles. The van der Waals surface area contributed by atoms with Crippen LogP contribution in [0.15, 0.2) is 12.4 Å². The van der Waals surface area contributed by atoms with Crippen LogP contribution in [-0.2, 0) is 5.41 Å². The second-order valence-electron chi connectivity index (χ2n) is 3.49. The quantitative estimate of drug-likeness (QED) is 0.706. The van der Waals surface area contributed by atoms with E-state index in [1.807, 2.05) is 0 Å². The monoisotopic (exact) mass is 189 g/mol. The van der Waals surface area contributed by atoms with E-state index in [-0.39, 0.29) is 0 Å². The molecule has 0 amide bonds. The van der Waals surface area contributed by atoms with Crippen molar-refractivity contribution in [3.8, 4) is 11.8 Å². The van der Waals surface area contributed by atoms with E-state index in [1.54, 1.807) is 19.5 Å². The minimum atomic E-state index is -0.424. The summed E-state index contributed by atoms with van der Waals surface area (Å²) in [6.45, 7) is 0. The van der Waals surface area contributed by atoms with Gasteiger partial charge in [0.25, 0.3) is 0 Å². The van der Waals surface area contributed by atoms with Gasteiger partial charge in [-0.05, 0) is 19.3 Å². The number of nitriles is 1. The Morgan fingerprint density at radius 1 is 1.43 bits per heavy atom. The van der Waals surface area contributed by atoms with Gasteiger partial charge in [-0.15, -0.1) is 0 Å². The molecule has 0 saturated heterocycles. The lowest BCUT2D eigenvalue weighted by Gasteiger charge is -2.33. The highest BCUT2D eigenvalue weighted by atomic mass is 16.5. The molecule has 14 heavy (non-hydrogen) atoms. The van der Waals surface area contributed by atoms with E-state index in [4.69, 9.17) is 10.00 Å². The summed E-state index contributed by atoms with van der Waals surface area (Å²) in [6, 6.07) is 2.30. The van der Waals surface area contributed by atoms with Crippen LogP contribution >= 0.6 is 0 Å². The van der Waals surface area contributed by atoms with E-state index in [2.05, 4.69) is 16.0 Å². The standard InChI is InChI=1S/C10H11N3O/c1-14-8-5-12-9(13-6-8)10(7-11)3-2-4-10/h5-6H,2-4H2,1H3. The fourth-order valence-corrected chi connectivity index (χ4v) is 1.58. The van der Waals surface area contributed by atoms with Crippen molar-refractivity contribution in [1.82, 2.24) is 9.97 Å². The molecule has 2 rings (SSSR count). The van der Waals surface area contributed by atoms with Crippen LogP contribution in [0.4, 0.5) is 0 Å². The van der Waals surface area contributed by atoms with Gasteiger partial charge in [0.05, 0.1) is 25.6 Å². The summed E-state index contributed by atoms with van der Waals surface area (Å²) in [4.78, 5) is 8.31. The Kier molecular flexibility index (Phi) is 2.08. The lowest BCUT2D eigenvalue weighted by atomic mass is 9.69. The lowest BCUT2D eigenvalue weighted by Crippen LogP contribution is -2.34. The molecule has 0 aromatic carbocycles. The van der Waals surface area contributed by atoms with E-state index in [9.17, 15) is 0 Å². The van der Waals surface area contributed by atoms with Gasteiger partial charge < -0.3 is 4.74 Å². The van der Waals surface area contributed by atoms with Gasteiger partial charge >= 0.3 is 0 Å². The van der Waals surface area contributed by atoms with Gasteiger partial charge in [-0.1, -0.05) is 0 Å². The normalized spacial score (nSPS) is 18.0. The number of methoxy groups -OCH3 is 1. The summed E-state index contributed by atoms with van der Waals surface area (Å²) in [5.74, 6) is 1.26. The van der Waals surface area contributed by atoms with Crippen molar-refractivity contribution in [3.05, 3.63) is 18.2 Å². The summed E-state index contributed by atoms with van der Waals surface area (Å²) in [5.41, 5.74) is -0.424.